The molecule has 0 unspecified atom stereocenters. The Bertz CT molecular complexity index is 393. The first-order chi connectivity index (χ1) is 7.92. The third-order valence-electron chi connectivity index (χ3n) is 2.89. The highest BCUT2D eigenvalue weighted by molar-refractivity contribution is 5.39. The van der Waals surface area contributed by atoms with Crippen molar-refractivity contribution in [3.8, 4) is 0 Å². The molecule has 1 aliphatic carbocycles. The standard InChI is InChI=1S/C14H18N2/c1-15-11-12-7-3-2-4-8-13(12)14-9-5-6-10-16-14/h3-6,8-9,12,15-16H,7,10-11H2,1H3/t12-/m1/s1. The van der Waals surface area contributed by atoms with Gasteiger partial charge in [-0.15, -0.1) is 5.73 Å². The zero-order valence-electron chi connectivity index (χ0n) is 9.66. The van der Waals surface area contributed by atoms with Gasteiger partial charge in [-0.2, -0.15) is 0 Å². The Hall–Kier alpha value is -1.50. The largest absolute Gasteiger partial charge is 0.381 e. The molecule has 0 aromatic rings. The fraction of sp³-hybridized carbons (Fsp3) is 0.357. The molecule has 0 bridgehead atoms. The van der Waals surface area contributed by atoms with E-state index >= 15 is 0 Å². The molecule has 0 saturated carbocycles. The molecule has 0 fully saturated rings. The van der Waals surface area contributed by atoms with Gasteiger partial charge in [0.15, 0.2) is 0 Å². The number of nitrogens with one attached hydrogen (secondary N) is 2. The van der Waals surface area contributed by atoms with Gasteiger partial charge in [-0.25, -0.2) is 0 Å². The lowest BCUT2D eigenvalue weighted by atomic mass is 9.92. The molecular weight excluding hydrogens is 196 g/mol. The molecule has 0 aromatic heterocycles. The maximum absolute atomic E-state index is 3.42. The summed E-state index contributed by atoms with van der Waals surface area (Å²) in [4.78, 5) is 0. The van der Waals surface area contributed by atoms with E-state index in [1.54, 1.807) is 0 Å². The number of rotatable bonds is 3. The molecule has 0 spiro atoms. The van der Waals surface area contributed by atoms with Crippen LogP contribution >= 0.6 is 0 Å². The fourth-order valence-corrected chi connectivity index (χ4v) is 2.09. The zero-order chi connectivity index (χ0) is 11.2. The molecule has 1 heterocycles. The highest BCUT2D eigenvalue weighted by Gasteiger charge is 2.17. The van der Waals surface area contributed by atoms with Crippen molar-refractivity contribution >= 4 is 0 Å². The van der Waals surface area contributed by atoms with Crippen LogP contribution < -0.4 is 10.6 Å². The monoisotopic (exact) mass is 214 g/mol. The lowest BCUT2D eigenvalue weighted by Gasteiger charge is -2.22. The second-order valence-electron chi connectivity index (χ2n) is 4.04. The van der Waals surface area contributed by atoms with Crippen molar-refractivity contribution in [3.63, 3.8) is 0 Å². The average molecular weight is 214 g/mol. The van der Waals surface area contributed by atoms with Crippen LogP contribution in [0.2, 0.25) is 0 Å². The van der Waals surface area contributed by atoms with Gasteiger partial charge >= 0.3 is 0 Å². The zero-order valence-corrected chi connectivity index (χ0v) is 9.66. The number of allylic oxidation sites excluding steroid dienone is 5. The van der Waals surface area contributed by atoms with E-state index in [0.29, 0.717) is 5.92 Å². The summed E-state index contributed by atoms with van der Waals surface area (Å²) in [5.74, 6) is 0.529. The minimum Gasteiger partial charge on any atom is -0.381 e. The Morgan fingerprint density at radius 3 is 3.19 bits per heavy atom. The molecule has 1 aliphatic heterocycles. The summed E-state index contributed by atoms with van der Waals surface area (Å²) in [7, 11) is 2.00. The Morgan fingerprint density at radius 2 is 2.44 bits per heavy atom. The summed E-state index contributed by atoms with van der Waals surface area (Å²) in [5, 5.41) is 6.68. The average Bonchev–Trinajstić information content (AvgIpc) is 2.56. The Morgan fingerprint density at radius 1 is 1.50 bits per heavy atom. The van der Waals surface area contributed by atoms with Gasteiger partial charge in [-0.3, -0.25) is 0 Å². The van der Waals surface area contributed by atoms with Gasteiger partial charge in [0.05, 0.1) is 0 Å². The van der Waals surface area contributed by atoms with Crippen molar-refractivity contribution in [3.05, 3.63) is 53.5 Å². The molecule has 2 rings (SSSR count). The smallest absolute Gasteiger partial charge is 0.0378 e. The topological polar surface area (TPSA) is 24.1 Å². The predicted octanol–water partition coefficient (Wildman–Crippen LogP) is 1.91. The van der Waals surface area contributed by atoms with Crippen LogP contribution in [0.1, 0.15) is 6.42 Å². The van der Waals surface area contributed by atoms with E-state index < -0.39 is 0 Å². The van der Waals surface area contributed by atoms with E-state index in [2.05, 4.69) is 46.7 Å². The van der Waals surface area contributed by atoms with Crippen LogP contribution in [-0.2, 0) is 0 Å². The van der Waals surface area contributed by atoms with Gasteiger partial charge in [0, 0.05) is 24.7 Å². The first-order valence-electron chi connectivity index (χ1n) is 5.78. The number of hydrogen-bond acceptors (Lipinski definition) is 2. The van der Waals surface area contributed by atoms with Gasteiger partial charge in [0.25, 0.3) is 0 Å². The van der Waals surface area contributed by atoms with Crippen molar-refractivity contribution in [2.45, 2.75) is 6.42 Å². The Balaban J connectivity index is 2.23. The summed E-state index contributed by atoms with van der Waals surface area (Å²) in [6.45, 7) is 1.92. The molecular formula is C14H18N2. The quantitative estimate of drug-likeness (QED) is 0.701. The van der Waals surface area contributed by atoms with E-state index in [1.807, 2.05) is 13.1 Å². The second-order valence-corrected chi connectivity index (χ2v) is 4.04. The van der Waals surface area contributed by atoms with Crippen LogP contribution in [0.25, 0.3) is 0 Å². The van der Waals surface area contributed by atoms with Gasteiger partial charge in [-0.1, -0.05) is 12.2 Å². The molecule has 2 N–H and O–H groups in total. The molecule has 2 nitrogen and oxygen atoms in total. The molecule has 2 aliphatic rings. The molecule has 0 aromatic carbocycles. The van der Waals surface area contributed by atoms with E-state index in [1.165, 1.54) is 11.3 Å². The second kappa shape index (κ2) is 5.55. The fourth-order valence-electron chi connectivity index (χ4n) is 2.09. The van der Waals surface area contributed by atoms with Gasteiger partial charge in [0.2, 0.25) is 0 Å². The van der Waals surface area contributed by atoms with Gasteiger partial charge < -0.3 is 10.6 Å². The lowest BCUT2D eigenvalue weighted by Crippen LogP contribution is -2.26. The Labute approximate surface area is 97.1 Å². The van der Waals surface area contributed by atoms with Crippen LogP contribution in [-0.4, -0.2) is 20.1 Å². The normalized spacial score (nSPS) is 23.4. The summed E-state index contributed by atoms with van der Waals surface area (Å²) < 4.78 is 0. The van der Waals surface area contributed by atoms with Crippen molar-refractivity contribution in [2.24, 2.45) is 5.92 Å². The molecule has 0 saturated heterocycles. The van der Waals surface area contributed by atoms with Crippen LogP contribution in [0.4, 0.5) is 0 Å². The molecule has 84 valence electrons. The summed E-state index contributed by atoms with van der Waals surface area (Å²) in [6.07, 6.45) is 13.7. The number of hydrogen-bond donors (Lipinski definition) is 2. The van der Waals surface area contributed by atoms with Gasteiger partial charge in [0.1, 0.15) is 0 Å². The first-order valence-corrected chi connectivity index (χ1v) is 5.78. The first kappa shape index (κ1) is 11.0. The molecule has 1 atom stereocenters. The van der Waals surface area contributed by atoms with Crippen molar-refractivity contribution < 1.29 is 0 Å². The van der Waals surface area contributed by atoms with Crippen LogP contribution in [0.5, 0.6) is 0 Å². The third kappa shape index (κ3) is 2.54. The van der Waals surface area contributed by atoms with Crippen LogP contribution in [0, 0.1) is 5.92 Å². The van der Waals surface area contributed by atoms with Crippen LogP contribution in [0.15, 0.2) is 53.5 Å². The highest BCUT2D eigenvalue weighted by atomic mass is 14.9. The summed E-state index contributed by atoms with van der Waals surface area (Å²) in [6, 6.07) is 0. The lowest BCUT2D eigenvalue weighted by molar-refractivity contribution is 0.574. The Kier molecular flexibility index (Phi) is 3.81. The van der Waals surface area contributed by atoms with Crippen molar-refractivity contribution in [1.82, 2.24) is 10.6 Å². The summed E-state index contributed by atoms with van der Waals surface area (Å²) >= 11 is 0. The maximum atomic E-state index is 3.42. The van der Waals surface area contributed by atoms with Crippen LogP contribution in [0.3, 0.4) is 0 Å². The summed E-state index contributed by atoms with van der Waals surface area (Å²) in [5.41, 5.74) is 5.80. The van der Waals surface area contributed by atoms with E-state index in [4.69, 9.17) is 0 Å². The minimum absolute atomic E-state index is 0.529. The van der Waals surface area contributed by atoms with Crippen molar-refractivity contribution in [2.75, 3.05) is 20.1 Å². The predicted molar refractivity (Wildman–Crippen MR) is 68.0 cm³/mol. The third-order valence-corrected chi connectivity index (χ3v) is 2.89. The van der Waals surface area contributed by atoms with E-state index in [9.17, 15) is 0 Å². The van der Waals surface area contributed by atoms with E-state index in [-0.39, 0.29) is 0 Å². The highest BCUT2D eigenvalue weighted by Crippen LogP contribution is 2.24. The molecule has 0 amide bonds. The van der Waals surface area contributed by atoms with Gasteiger partial charge in [-0.05, 0) is 43.3 Å². The number of dihydropyridines is 1. The maximum Gasteiger partial charge on any atom is 0.0378 e. The minimum atomic E-state index is 0.529. The van der Waals surface area contributed by atoms with E-state index in [0.717, 1.165) is 19.5 Å². The molecule has 0 radical (unpaired) electrons. The van der Waals surface area contributed by atoms with Crippen molar-refractivity contribution in [1.29, 1.82) is 0 Å². The molecule has 16 heavy (non-hydrogen) atoms. The SMILES string of the molecule is CNC[C@H]1CC=C=CC=C1C1=CC=CCN1. The molecule has 2 heteroatoms.